The van der Waals surface area contributed by atoms with E-state index in [1.807, 2.05) is 30.3 Å². The Bertz CT molecular complexity index is 513. The highest BCUT2D eigenvalue weighted by molar-refractivity contribution is 9.10. The summed E-state index contributed by atoms with van der Waals surface area (Å²) < 4.78 is 14.0. The highest BCUT2D eigenvalue weighted by atomic mass is 79.9. The van der Waals surface area contributed by atoms with Crippen molar-refractivity contribution in [3.05, 3.63) is 69.9 Å². The fourth-order valence-electron chi connectivity index (χ4n) is 1.91. The lowest BCUT2D eigenvalue weighted by molar-refractivity contribution is 0.175. The molecule has 2 rings (SSSR count). The van der Waals surface area contributed by atoms with E-state index < -0.39 is 6.10 Å². The van der Waals surface area contributed by atoms with Gasteiger partial charge in [0.05, 0.1) is 6.10 Å². The van der Waals surface area contributed by atoms with E-state index in [0.717, 1.165) is 15.6 Å². The summed E-state index contributed by atoms with van der Waals surface area (Å²) in [7, 11) is 0. The van der Waals surface area contributed by atoms with E-state index in [9.17, 15) is 9.50 Å². The fraction of sp³-hybridized carbons (Fsp3) is 0.200. The molecule has 0 bridgehead atoms. The summed E-state index contributed by atoms with van der Waals surface area (Å²) in [6.45, 7) is 0. The van der Waals surface area contributed by atoms with Gasteiger partial charge in [-0.3, -0.25) is 0 Å². The second-order valence-corrected chi connectivity index (χ2v) is 5.14. The van der Waals surface area contributed by atoms with Crippen LogP contribution in [0.15, 0.2) is 53.0 Å². The third-order valence-corrected chi connectivity index (χ3v) is 3.55. The SMILES string of the molecule is OC(Cc1ccccc1)Cc1cc(F)ccc1Br. The zero-order valence-electron chi connectivity index (χ0n) is 9.81. The number of rotatable bonds is 4. The molecular formula is C15H14BrFO. The highest BCUT2D eigenvalue weighted by Gasteiger charge is 2.10. The van der Waals surface area contributed by atoms with Crippen LogP contribution >= 0.6 is 15.9 Å². The molecule has 0 saturated heterocycles. The normalized spacial score (nSPS) is 12.4. The molecule has 0 heterocycles. The molecule has 1 unspecified atom stereocenters. The summed E-state index contributed by atoms with van der Waals surface area (Å²) in [5.41, 5.74) is 1.87. The molecule has 1 nitrogen and oxygen atoms in total. The summed E-state index contributed by atoms with van der Waals surface area (Å²) in [6.07, 6.45) is 0.502. The third kappa shape index (κ3) is 3.65. The topological polar surface area (TPSA) is 20.2 Å². The van der Waals surface area contributed by atoms with Gasteiger partial charge in [0.2, 0.25) is 0 Å². The van der Waals surface area contributed by atoms with Crippen molar-refractivity contribution in [3.8, 4) is 0 Å². The van der Waals surface area contributed by atoms with Crippen LogP contribution in [0.1, 0.15) is 11.1 Å². The van der Waals surface area contributed by atoms with Gasteiger partial charge in [0.15, 0.2) is 0 Å². The minimum atomic E-state index is -0.509. The summed E-state index contributed by atoms with van der Waals surface area (Å²) in [5, 5.41) is 10.0. The molecule has 1 N–H and O–H groups in total. The van der Waals surface area contributed by atoms with Crippen LogP contribution in [-0.2, 0) is 12.8 Å². The largest absolute Gasteiger partial charge is 0.392 e. The van der Waals surface area contributed by atoms with Gasteiger partial charge in [0.1, 0.15) is 5.82 Å². The molecule has 0 saturated carbocycles. The van der Waals surface area contributed by atoms with Crippen LogP contribution in [0.4, 0.5) is 4.39 Å². The van der Waals surface area contributed by atoms with Crippen LogP contribution in [0.25, 0.3) is 0 Å². The van der Waals surface area contributed by atoms with Crippen molar-refractivity contribution in [2.45, 2.75) is 18.9 Å². The Kier molecular flexibility index (Phi) is 4.50. The molecule has 0 radical (unpaired) electrons. The van der Waals surface area contributed by atoms with E-state index in [0.29, 0.717) is 12.8 Å². The third-order valence-electron chi connectivity index (χ3n) is 2.78. The second-order valence-electron chi connectivity index (χ2n) is 4.28. The van der Waals surface area contributed by atoms with Crippen LogP contribution in [0, 0.1) is 5.82 Å². The Morgan fingerprint density at radius 3 is 2.50 bits per heavy atom. The maximum Gasteiger partial charge on any atom is 0.123 e. The molecule has 0 fully saturated rings. The van der Waals surface area contributed by atoms with Gasteiger partial charge in [-0.2, -0.15) is 0 Å². The van der Waals surface area contributed by atoms with E-state index in [2.05, 4.69) is 15.9 Å². The van der Waals surface area contributed by atoms with E-state index >= 15 is 0 Å². The van der Waals surface area contributed by atoms with E-state index in [-0.39, 0.29) is 5.82 Å². The van der Waals surface area contributed by atoms with Crippen molar-refractivity contribution in [3.63, 3.8) is 0 Å². The van der Waals surface area contributed by atoms with Crippen LogP contribution in [-0.4, -0.2) is 11.2 Å². The van der Waals surface area contributed by atoms with Crippen molar-refractivity contribution in [1.29, 1.82) is 0 Å². The molecule has 0 aliphatic heterocycles. The van der Waals surface area contributed by atoms with Gasteiger partial charge in [-0.25, -0.2) is 4.39 Å². The van der Waals surface area contributed by atoms with Crippen molar-refractivity contribution >= 4 is 15.9 Å². The van der Waals surface area contributed by atoms with Crippen molar-refractivity contribution in [2.75, 3.05) is 0 Å². The van der Waals surface area contributed by atoms with Gasteiger partial charge in [0.25, 0.3) is 0 Å². The fourth-order valence-corrected chi connectivity index (χ4v) is 2.32. The number of benzene rings is 2. The number of aliphatic hydroxyl groups is 1. The molecule has 0 aliphatic carbocycles. The van der Waals surface area contributed by atoms with Crippen LogP contribution < -0.4 is 0 Å². The standard InChI is InChI=1S/C15H14BrFO/c16-15-7-6-13(17)9-12(15)10-14(18)8-11-4-2-1-3-5-11/h1-7,9,14,18H,8,10H2. The second kappa shape index (κ2) is 6.12. The average molecular weight is 309 g/mol. The van der Waals surface area contributed by atoms with Crippen molar-refractivity contribution in [1.82, 2.24) is 0 Å². The molecule has 1 atom stereocenters. The van der Waals surface area contributed by atoms with Crippen LogP contribution in [0.2, 0.25) is 0 Å². The lowest BCUT2D eigenvalue weighted by atomic mass is 10.0. The molecule has 0 aliphatic rings. The minimum Gasteiger partial charge on any atom is -0.392 e. The molecule has 3 heteroatoms. The maximum atomic E-state index is 13.1. The minimum absolute atomic E-state index is 0.278. The lowest BCUT2D eigenvalue weighted by Gasteiger charge is -2.12. The molecule has 0 aromatic heterocycles. The predicted octanol–water partition coefficient (Wildman–Crippen LogP) is 3.73. The van der Waals surface area contributed by atoms with E-state index in [1.54, 1.807) is 6.07 Å². The monoisotopic (exact) mass is 308 g/mol. The first-order chi connectivity index (χ1) is 8.65. The Morgan fingerprint density at radius 2 is 1.78 bits per heavy atom. The molecule has 2 aromatic rings. The molecule has 18 heavy (non-hydrogen) atoms. The molecule has 2 aromatic carbocycles. The number of hydrogen-bond donors (Lipinski definition) is 1. The predicted molar refractivity (Wildman–Crippen MR) is 74.0 cm³/mol. The number of halogens is 2. The van der Waals surface area contributed by atoms with E-state index in [1.165, 1.54) is 12.1 Å². The van der Waals surface area contributed by atoms with Gasteiger partial charge in [0, 0.05) is 4.47 Å². The zero-order valence-corrected chi connectivity index (χ0v) is 11.4. The summed E-state index contributed by atoms with van der Waals surface area (Å²) in [5.74, 6) is -0.278. The van der Waals surface area contributed by atoms with Gasteiger partial charge >= 0.3 is 0 Å². The first kappa shape index (κ1) is 13.2. The Morgan fingerprint density at radius 1 is 1.06 bits per heavy atom. The maximum absolute atomic E-state index is 13.1. The molecule has 94 valence electrons. The highest BCUT2D eigenvalue weighted by Crippen LogP contribution is 2.20. The number of aliphatic hydroxyl groups excluding tert-OH is 1. The Balaban J connectivity index is 2.03. The van der Waals surface area contributed by atoms with E-state index in [4.69, 9.17) is 0 Å². The van der Waals surface area contributed by atoms with Gasteiger partial charge < -0.3 is 5.11 Å². The van der Waals surface area contributed by atoms with Gasteiger partial charge in [-0.05, 0) is 42.2 Å². The summed E-state index contributed by atoms with van der Waals surface area (Å²) in [6, 6.07) is 14.3. The number of hydrogen-bond acceptors (Lipinski definition) is 1. The van der Waals surface area contributed by atoms with Gasteiger partial charge in [-0.1, -0.05) is 46.3 Å². The van der Waals surface area contributed by atoms with Crippen molar-refractivity contribution in [2.24, 2.45) is 0 Å². The lowest BCUT2D eigenvalue weighted by Crippen LogP contribution is -2.14. The van der Waals surface area contributed by atoms with Crippen molar-refractivity contribution < 1.29 is 9.50 Å². The first-order valence-electron chi connectivity index (χ1n) is 5.81. The molecule has 0 spiro atoms. The zero-order chi connectivity index (χ0) is 13.0. The Labute approximate surface area is 114 Å². The molecular weight excluding hydrogens is 295 g/mol. The first-order valence-corrected chi connectivity index (χ1v) is 6.60. The van der Waals surface area contributed by atoms with Crippen LogP contribution in [0.5, 0.6) is 0 Å². The quantitative estimate of drug-likeness (QED) is 0.912. The Hall–Kier alpha value is -1.19. The summed E-state index contributed by atoms with van der Waals surface area (Å²) >= 11 is 3.37. The average Bonchev–Trinajstić information content (AvgIpc) is 2.35. The van der Waals surface area contributed by atoms with Gasteiger partial charge in [-0.15, -0.1) is 0 Å². The molecule has 0 amide bonds. The summed E-state index contributed by atoms with van der Waals surface area (Å²) in [4.78, 5) is 0. The van der Waals surface area contributed by atoms with Crippen LogP contribution in [0.3, 0.4) is 0 Å². The smallest absolute Gasteiger partial charge is 0.123 e.